The summed E-state index contributed by atoms with van der Waals surface area (Å²) in [7, 11) is 0. The van der Waals surface area contributed by atoms with Crippen molar-refractivity contribution in [3.63, 3.8) is 0 Å². The average molecular weight is 931 g/mol. The van der Waals surface area contributed by atoms with Crippen molar-refractivity contribution in [3.05, 3.63) is 24.3 Å². The predicted molar refractivity (Wildman–Crippen MR) is 287 cm³/mol. The Hall–Kier alpha value is -1.66. The van der Waals surface area contributed by atoms with Crippen LogP contribution in [0.1, 0.15) is 323 Å². The van der Waals surface area contributed by atoms with Crippen LogP contribution in [0, 0.1) is 0 Å². The quantitative estimate of drug-likeness (QED) is 0.0321. The van der Waals surface area contributed by atoms with E-state index in [9.17, 15) is 19.8 Å². The predicted octanol–water partition coefficient (Wildman–Crippen LogP) is 18.2. The summed E-state index contributed by atoms with van der Waals surface area (Å²) in [5.74, 6) is -0.534. The molecule has 6 heteroatoms. The van der Waals surface area contributed by atoms with Gasteiger partial charge in [0.25, 0.3) is 0 Å². The molecule has 0 aliphatic rings. The Morgan fingerprint density at radius 2 is 0.773 bits per heavy atom. The van der Waals surface area contributed by atoms with Gasteiger partial charge in [-0.25, -0.2) is 0 Å². The first-order valence-electron chi connectivity index (χ1n) is 29.6. The minimum absolute atomic E-state index is 0.0617. The molecule has 0 heterocycles. The number of hydrogen-bond acceptors (Lipinski definition) is 5. The normalized spacial score (nSPS) is 13.2. The van der Waals surface area contributed by atoms with Crippen LogP contribution >= 0.6 is 0 Å². The SMILES string of the molecule is CCCCCCCC/C=C\C/C=C/CCC(=O)OC(CCCCCCCCCCCCCCCCCCC)CC(=O)NC(CO)C(O)CCCCCCCCCCCCCCCCCCC. The van der Waals surface area contributed by atoms with Crippen molar-refractivity contribution < 1.29 is 24.5 Å². The van der Waals surface area contributed by atoms with Crippen molar-refractivity contribution in [2.45, 2.75) is 341 Å². The molecule has 66 heavy (non-hydrogen) atoms. The fourth-order valence-corrected chi connectivity index (χ4v) is 9.31. The maximum atomic E-state index is 13.3. The minimum Gasteiger partial charge on any atom is -0.462 e. The summed E-state index contributed by atoms with van der Waals surface area (Å²) in [5, 5.41) is 23.9. The molecule has 3 unspecified atom stereocenters. The van der Waals surface area contributed by atoms with Crippen molar-refractivity contribution in [2.75, 3.05) is 6.61 Å². The Kier molecular flexibility index (Phi) is 52.9. The largest absolute Gasteiger partial charge is 0.462 e. The Labute approximate surface area is 411 Å². The standard InChI is InChI=1S/C60H115NO5/c1-4-7-10-13-16-19-22-25-27-29-31-34-36-39-42-45-48-51-56(66-60(65)53-50-47-44-41-38-33-24-21-18-15-12-9-6-3)54-59(64)61-57(55-62)58(63)52-49-46-43-40-37-35-32-30-28-26-23-20-17-14-11-8-5-2/h33,38,44,47,56-58,62-63H,4-32,34-37,39-43,45-46,48-55H2,1-3H3,(H,61,64)/b38-33-,47-44+. The number of unbranched alkanes of at least 4 members (excludes halogenated alkanes) is 38. The van der Waals surface area contributed by atoms with Crippen LogP contribution in [-0.4, -0.2) is 46.9 Å². The highest BCUT2D eigenvalue weighted by atomic mass is 16.5. The summed E-state index contributed by atoms with van der Waals surface area (Å²) in [4.78, 5) is 26.2. The maximum Gasteiger partial charge on any atom is 0.306 e. The minimum atomic E-state index is -0.793. The number of esters is 1. The Bertz CT molecular complexity index is 1040. The van der Waals surface area contributed by atoms with Crippen LogP contribution in [0.25, 0.3) is 0 Å². The number of allylic oxidation sites excluding steroid dienone is 4. The molecule has 0 rings (SSSR count). The monoisotopic (exact) mass is 930 g/mol. The summed E-state index contributed by atoms with van der Waals surface area (Å²) in [5.41, 5.74) is 0. The molecule has 0 spiro atoms. The highest BCUT2D eigenvalue weighted by Gasteiger charge is 2.24. The molecule has 0 bridgehead atoms. The number of carbonyl (C=O) groups excluding carboxylic acids is 2. The number of rotatable bonds is 54. The maximum absolute atomic E-state index is 13.3. The Morgan fingerprint density at radius 3 is 1.15 bits per heavy atom. The molecule has 0 aliphatic heterocycles. The average Bonchev–Trinajstić information content (AvgIpc) is 3.31. The van der Waals surface area contributed by atoms with Gasteiger partial charge in [-0.15, -0.1) is 0 Å². The van der Waals surface area contributed by atoms with Gasteiger partial charge in [0.1, 0.15) is 6.10 Å². The first-order chi connectivity index (χ1) is 32.5. The smallest absolute Gasteiger partial charge is 0.306 e. The van der Waals surface area contributed by atoms with Crippen LogP contribution in [0.2, 0.25) is 0 Å². The number of carbonyl (C=O) groups is 2. The fourth-order valence-electron chi connectivity index (χ4n) is 9.31. The van der Waals surface area contributed by atoms with Gasteiger partial charge in [0.2, 0.25) is 5.91 Å². The van der Waals surface area contributed by atoms with Crippen molar-refractivity contribution in [1.29, 1.82) is 0 Å². The van der Waals surface area contributed by atoms with Crippen molar-refractivity contribution in [1.82, 2.24) is 5.32 Å². The van der Waals surface area contributed by atoms with Crippen molar-refractivity contribution in [3.8, 4) is 0 Å². The molecule has 0 aromatic carbocycles. The van der Waals surface area contributed by atoms with Gasteiger partial charge in [0, 0.05) is 6.42 Å². The molecule has 390 valence electrons. The summed E-state index contributed by atoms with van der Waals surface area (Å²) in [6, 6.07) is -0.708. The molecule has 0 aromatic heterocycles. The second kappa shape index (κ2) is 54.3. The highest BCUT2D eigenvalue weighted by Crippen LogP contribution is 2.19. The summed E-state index contributed by atoms with van der Waals surface area (Å²) in [6.07, 6.45) is 64.0. The van der Waals surface area contributed by atoms with E-state index in [4.69, 9.17) is 4.74 Å². The molecule has 0 radical (unpaired) electrons. The lowest BCUT2D eigenvalue weighted by Gasteiger charge is -2.24. The summed E-state index contributed by atoms with van der Waals surface area (Å²) < 4.78 is 5.93. The van der Waals surface area contributed by atoms with Gasteiger partial charge in [-0.2, -0.15) is 0 Å². The second-order valence-corrected chi connectivity index (χ2v) is 20.4. The Balaban J connectivity index is 4.53. The summed E-state index contributed by atoms with van der Waals surface area (Å²) >= 11 is 0. The molecule has 0 fully saturated rings. The number of hydrogen-bond donors (Lipinski definition) is 3. The van der Waals surface area contributed by atoms with E-state index < -0.39 is 18.2 Å². The van der Waals surface area contributed by atoms with Gasteiger partial charge in [-0.1, -0.05) is 289 Å². The molecule has 1 amide bonds. The van der Waals surface area contributed by atoms with Crippen LogP contribution in [0.3, 0.4) is 0 Å². The van der Waals surface area contributed by atoms with Gasteiger partial charge < -0.3 is 20.3 Å². The zero-order chi connectivity index (χ0) is 48.1. The van der Waals surface area contributed by atoms with E-state index in [1.54, 1.807) is 0 Å². The lowest BCUT2D eigenvalue weighted by Crippen LogP contribution is -2.46. The summed E-state index contributed by atoms with van der Waals surface area (Å²) in [6.45, 7) is 6.51. The molecule has 3 N–H and O–H groups in total. The third-order valence-corrected chi connectivity index (χ3v) is 13.8. The molecule has 0 aromatic rings. The number of aliphatic hydroxyl groups is 2. The number of amides is 1. The van der Waals surface area contributed by atoms with Crippen molar-refractivity contribution in [2.24, 2.45) is 0 Å². The first kappa shape index (κ1) is 64.3. The third kappa shape index (κ3) is 48.8. The second-order valence-electron chi connectivity index (χ2n) is 20.4. The zero-order valence-corrected chi connectivity index (χ0v) is 44.6. The van der Waals surface area contributed by atoms with E-state index in [1.165, 1.54) is 231 Å². The van der Waals surface area contributed by atoms with Crippen LogP contribution in [0.5, 0.6) is 0 Å². The zero-order valence-electron chi connectivity index (χ0n) is 44.6. The molecule has 0 aliphatic carbocycles. The van der Waals surface area contributed by atoms with Crippen LogP contribution < -0.4 is 5.32 Å². The number of nitrogens with one attached hydrogen (secondary N) is 1. The van der Waals surface area contributed by atoms with E-state index in [2.05, 4.69) is 50.4 Å². The van der Waals surface area contributed by atoms with Crippen LogP contribution in [-0.2, 0) is 14.3 Å². The van der Waals surface area contributed by atoms with Gasteiger partial charge in [0.05, 0.1) is 25.2 Å². The topological polar surface area (TPSA) is 95.9 Å². The van der Waals surface area contributed by atoms with E-state index >= 15 is 0 Å². The fraction of sp³-hybridized carbons (Fsp3) is 0.900. The van der Waals surface area contributed by atoms with E-state index in [0.717, 1.165) is 38.5 Å². The highest BCUT2D eigenvalue weighted by molar-refractivity contribution is 5.77. The van der Waals surface area contributed by atoms with Gasteiger partial charge in [-0.3, -0.25) is 9.59 Å². The number of ether oxygens (including phenoxy) is 1. The third-order valence-electron chi connectivity index (χ3n) is 13.8. The molecule has 6 nitrogen and oxygen atoms in total. The van der Waals surface area contributed by atoms with E-state index in [-0.39, 0.29) is 24.9 Å². The number of aliphatic hydroxyl groups excluding tert-OH is 2. The molecule has 0 saturated heterocycles. The Morgan fingerprint density at radius 1 is 0.439 bits per heavy atom. The molecule has 0 saturated carbocycles. The molecular weight excluding hydrogens is 815 g/mol. The van der Waals surface area contributed by atoms with Crippen molar-refractivity contribution >= 4 is 11.9 Å². The van der Waals surface area contributed by atoms with E-state index in [1.807, 2.05) is 0 Å². The van der Waals surface area contributed by atoms with E-state index in [0.29, 0.717) is 25.7 Å². The van der Waals surface area contributed by atoms with Crippen LogP contribution in [0.15, 0.2) is 24.3 Å². The van der Waals surface area contributed by atoms with Crippen LogP contribution in [0.4, 0.5) is 0 Å². The lowest BCUT2D eigenvalue weighted by molar-refractivity contribution is -0.150. The molecular formula is C60H115NO5. The molecule has 3 atom stereocenters. The lowest BCUT2D eigenvalue weighted by atomic mass is 10.0. The van der Waals surface area contributed by atoms with Gasteiger partial charge in [0.15, 0.2) is 0 Å². The first-order valence-corrected chi connectivity index (χ1v) is 29.6. The van der Waals surface area contributed by atoms with Gasteiger partial charge >= 0.3 is 5.97 Å². The van der Waals surface area contributed by atoms with Gasteiger partial charge in [-0.05, 0) is 44.9 Å².